The van der Waals surface area contributed by atoms with Gasteiger partial charge < -0.3 is 10.3 Å². The van der Waals surface area contributed by atoms with Gasteiger partial charge in [-0.3, -0.25) is 4.79 Å². The lowest BCUT2D eigenvalue weighted by Gasteiger charge is -2.07. The molecular weight excluding hydrogens is 264 g/mol. The van der Waals surface area contributed by atoms with E-state index in [-0.39, 0.29) is 5.43 Å². The van der Waals surface area contributed by atoms with E-state index in [0.717, 1.165) is 18.7 Å². The van der Waals surface area contributed by atoms with Crippen LogP contribution in [0, 0.1) is 0 Å². The van der Waals surface area contributed by atoms with Crippen LogP contribution in [0.5, 0.6) is 0 Å². The van der Waals surface area contributed by atoms with Crippen molar-refractivity contribution in [2.24, 2.45) is 0 Å². The van der Waals surface area contributed by atoms with Crippen molar-refractivity contribution in [1.82, 2.24) is 4.57 Å². The average Bonchev–Trinajstić information content (AvgIpc) is 2.14. The highest BCUT2D eigenvalue weighted by Crippen LogP contribution is 2.07. The zero-order valence-electron chi connectivity index (χ0n) is 8.00. The average molecular weight is 277 g/mol. The van der Waals surface area contributed by atoms with Crippen molar-refractivity contribution in [2.45, 2.75) is 13.0 Å². The first-order valence-electron chi connectivity index (χ1n) is 4.29. The summed E-state index contributed by atoms with van der Waals surface area (Å²) in [6, 6.07) is 0. The molecule has 1 rings (SSSR count). The number of aryl methyl sites for hydroxylation is 1. The lowest BCUT2D eigenvalue weighted by atomic mass is 10.4. The zero-order valence-corrected chi connectivity index (χ0v) is 10.4. The Hall–Kier alpha value is -0.420. The van der Waals surface area contributed by atoms with Gasteiger partial charge in [0.1, 0.15) is 0 Å². The van der Waals surface area contributed by atoms with E-state index in [1.165, 1.54) is 0 Å². The number of anilines is 1. The van der Waals surface area contributed by atoms with Gasteiger partial charge in [0.2, 0.25) is 5.43 Å². The molecule has 0 atom stereocenters. The molecule has 78 valence electrons. The second kappa shape index (κ2) is 5.46. The fourth-order valence-electron chi connectivity index (χ4n) is 1.14. The molecule has 0 bridgehead atoms. The third-order valence-electron chi connectivity index (χ3n) is 1.83. The number of thioether (sulfide) groups is 1. The van der Waals surface area contributed by atoms with Gasteiger partial charge >= 0.3 is 0 Å². The highest BCUT2D eigenvalue weighted by molar-refractivity contribution is 9.10. The molecule has 0 aliphatic carbocycles. The predicted octanol–water partition coefficient (Wildman–Crippen LogP) is 1.95. The van der Waals surface area contributed by atoms with Gasteiger partial charge in [-0.1, -0.05) is 0 Å². The Bertz CT molecular complexity index is 338. The van der Waals surface area contributed by atoms with Gasteiger partial charge in [-0.25, -0.2) is 0 Å². The van der Waals surface area contributed by atoms with Crippen molar-refractivity contribution in [3.63, 3.8) is 0 Å². The number of halogens is 1. The van der Waals surface area contributed by atoms with Crippen LogP contribution in [0.4, 0.5) is 5.69 Å². The first-order chi connectivity index (χ1) is 6.65. The Labute approximate surface area is 95.8 Å². The first kappa shape index (κ1) is 11.7. The molecule has 0 spiro atoms. The highest BCUT2D eigenvalue weighted by atomic mass is 79.9. The smallest absolute Gasteiger partial charge is 0.218 e. The van der Waals surface area contributed by atoms with Gasteiger partial charge in [0.15, 0.2) is 0 Å². The minimum absolute atomic E-state index is 0.133. The molecule has 1 aromatic heterocycles. The fourth-order valence-corrected chi connectivity index (χ4v) is 2.05. The van der Waals surface area contributed by atoms with E-state index in [2.05, 4.69) is 22.2 Å². The molecule has 5 heteroatoms. The maximum absolute atomic E-state index is 11.3. The van der Waals surface area contributed by atoms with Gasteiger partial charge in [0.05, 0.1) is 10.2 Å². The number of nitrogen functional groups attached to an aromatic ring is 1. The van der Waals surface area contributed by atoms with Crippen LogP contribution in [0.3, 0.4) is 0 Å². The van der Waals surface area contributed by atoms with Crippen LogP contribution >= 0.6 is 27.7 Å². The number of hydrogen-bond donors (Lipinski definition) is 1. The lowest BCUT2D eigenvalue weighted by molar-refractivity contribution is 0.678. The highest BCUT2D eigenvalue weighted by Gasteiger charge is 2.01. The largest absolute Gasteiger partial charge is 0.394 e. The quantitative estimate of drug-likeness (QED) is 0.856. The molecule has 1 aromatic rings. The maximum Gasteiger partial charge on any atom is 0.218 e. The summed E-state index contributed by atoms with van der Waals surface area (Å²) in [5.74, 6) is 1.11. The van der Waals surface area contributed by atoms with E-state index in [9.17, 15) is 4.79 Å². The number of pyridine rings is 1. The third kappa shape index (κ3) is 3.06. The van der Waals surface area contributed by atoms with Crippen LogP contribution in [-0.2, 0) is 6.54 Å². The molecule has 0 fully saturated rings. The number of nitrogens with zero attached hydrogens (tertiary/aromatic N) is 1. The Balaban J connectivity index is 2.74. The molecule has 0 radical (unpaired) electrons. The molecule has 14 heavy (non-hydrogen) atoms. The Morgan fingerprint density at radius 3 is 2.86 bits per heavy atom. The third-order valence-corrected chi connectivity index (χ3v) is 3.09. The molecule has 0 aliphatic heterocycles. The Kier molecular flexibility index (Phi) is 4.54. The number of aromatic nitrogens is 1. The van der Waals surface area contributed by atoms with Crippen LogP contribution in [0.1, 0.15) is 6.42 Å². The van der Waals surface area contributed by atoms with Crippen molar-refractivity contribution in [3.8, 4) is 0 Å². The van der Waals surface area contributed by atoms with E-state index >= 15 is 0 Å². The summed E-state index contributed by atoms with van der Waals surface area (Å²) in [5, 5.41) is 0. The van der Waals surface area contributed by atoms with E-state index in [1.54, 1.807) is 12.4 Å². The van der Waals surface area contributed by atoms with Crippen molar-refractivity contribution in [3.05, 3.63) is 27.1 Å². The summed E-state index contributed by atoms with van der Waals surface area (Å²) >= 11 is 5.00. The van der Waals surface area contributed by atoms with Crippen LogP contribution in [-0.4, -0.2) is 16.6 Å². The summed E-state index contributed by atoms with van der Waals surface area (Å²) in [6.07, 6.45) is 6.62. The topological polar surface area (TPSA) is 48.0 Å². The number of nitrogens with two attached hydrogens (primary N) is 1. The number of hydrogen-bond acceptors (Lipinski definition) is 3. The van der Waals surface area contributed by atoms with E-state index in [0.29, 0.717) is 10.2 Å². The van der Waals surface area contributed by atoms with Gasteiger partial charge in [-0.15, -0.1) is 0 Å². The zero-order chi connectivity index (χ0) is 10.6. The molecule has 0 saturated carbocycles. The van der Waals surface area contributed by atoms with Crippen molar-refractivity contribution in [1.29, 1.82) is 0 Å². The molecule has 2 N–H and O–H groups in total. The van der Waals surface area contributed by atoms with E-state index in [1.807, 2.05) is 16.3 Å². The molecule has 0 aliphatic rings. The molecular formula is C9H13BrN2OS. The summed E-state index contributed by atoms with van der Waals surface area (Å²) in [6.45, 7) is 0.893. The van der Waals surface area contributed by atoms with Crippen molar-refractivity contribution >= 4 is 33.4 Å². The molecule has 0 aromatic carbocycles. The normalized spacial score (nSPS) is 10.4. The second-order valence-corrected chi connectivity index (χ2v) is 4.81. The van der Waals surface area contributed by atoms with Crippen molar-refractivity contribution < 1.29 is 0 Å². The van der Waals surface area contributed by atoms with E-state index < -0.39 is 0 Å². The summed E-state index contributed by atoms with van der Waals surface area (Å²) in [7, 11) is 0. The van der Waals surface area contributed by atoms with E-state index in [4.69, 9.17) is 5.73 Å². The lowest BCUT2D eigenvalue weighted by Crippen LogP contribution is -2.13. The van der Waals surface area contributed by atoms with Crippen LogP contribution in [0.25, 0.3) is 0 Å². The number of rotatable bonds is 4. The fraction of sp³-hybridized carbons (Fsp3) is 0.444. The molecule has 0 saturated heterocycles. The molecule has 0 unspecified atom stereocenters. The Morgan fingerprint density at radius 2 is 2.29 bits per heavy atom. The van der Waals surface area contributed by atoms with Gasteiger partial charge in [-0.05, 0) is 34.4 Å². The first-order valence-corrected chi connectivity index (χ1v) is 6.48. The predicted molar refractivity (Wildman–Crippen MR) is 65.8 cm³/mol. The van der Waals surface area contributed by atoms with Crippen LogP contribution in [0.2, 0.25) is 0 Å². The Morgan fingerprint density at radius 1 is 1.57 bits per heavy atom. The van der Waals surface area contributed by atoms with Crippen LogP contribution < -0.4 is 11.2 Å². The SMILES string of the molecule is CSCCCn1cc(N)c(=O)c(Br)c1. The minimum Gasteiger partial charge on any atom is -0.394 e. The van der Waals surface area contributed by atoms with Gasteiger partial charge in [0.25, 0.3) is 0 Å². The summed E-state index contributed by atoms with van der Waals surface area (Å²) in [4.78, 5) is 11.3. The van der Waals surface area contributed by atoms with Crippen LogP contribution in [0.15, 0.2) is 21.7 Å². The summed E-state index contributed by atoms with van der Waals surface area (Å²) < 4.78 is 2.47. The minimum atomic E-state index is -0.133. The standard InChI is InChI=1S/C9H13BrN2OS/c1-14-4-2-3-12-5-7(10)9(13)8(11)6-12/h5-6H,2-4,11H2,1H3. The molecule has 1 heterocycles. The molecule has 0 amide bonds. The van der Waals surface area contributed by atoms with Gasteiger partial charge in [0, 0.05) is 18.9 Å². The van der Waals surface area contributed by atoms with Crippen molar-refractivity contribution in [2.75, 3.05) is 17.7 Å². The monoisotopic (exact) mass is 276 g/mol. The second-order valence-electron chi connectivity index (χ2n) is 2.97. The van der Waals surface area contributed by atoms with Gasteiger partial charge in [-0.2, -0.15) is 11.8 Å². The maximum atomic E-state index is 11.3. The summed E-state index contributed by atoms with van der Waals surface area (Å²) in [5.41, 5.74) is 5.72. The molecule has 3 nitrogen and oxygen atoms in total.